The summed E-state index contributed by atoms with van der Waals surface area (Å²) in [6.45, 7) is 0. The minimum Gasteiger partial charge on any atom is -0.457 e. The van der Waals surface area contributed by atoms with Gasteiger partial charge in [-0.05, 0) is 54.1 Å². The molecule has 0 amide bonds. The van der Waals surface area contributed by atoms with Crippen LogP contribution in [-0.4, -0.2) is 0 Å². The van der Waals surface area contributed by atoms with Crippen LogP contribution in [0.2, 0.25) is 0 Å². The summed E-state index contributed by atoms with van der Waals surface area (Å²) in [5.74, 6) is 2.61. The summed E-state index contributed by atoms with van der Waals surface area (Å²) in [6.07, 6.45) is 0. The highest BCUT2D eigenvalue weighted by Crippen LogP contribution is 2.27. The fourth-order valence-corrected chi connectivity index (χ4v) is 2.90. The first kappa shape index (κ1) is 14.5. The molecule has 3 rings (SSSR count). The van der Waals surface area contributed by atoms with Crippen LogP contribution >= 0.6 is 11.8 Å². The van der Waals surface area contributed by atoms with E-state index in [1.807, 2.05) is 66.7 Å². The number of ether oxygens (including phenoxy) is 1. The molecule has 0 saturated heterocycles. The second-order valence-corrected chi connectivity index (χ2v) is 5.97. The van der Waals surface area contributed by atoms with E-state index in [9.17, 15) is 0 Å². The van der Waals surface area contributed by atoms with Crippen LogP contribution in [0.3, 0.4) is 0 Å². The van der Waals surface area contributed by atoms with Crippen LogP contribution in [0.1, 0.15) is 5.56 Å². The van der Waals surface area contributed by atoms with Crippen molar-refractivity contribution in [3.05, 3.63) is 84.4 Å². The molecule has 0 aliphatic rings. The molecule has 0 unspecified atom stereocenters. The summed E-state index contributed by atoms with van der Waals surface area (Å²) >= 11 is 1.79. The molecule has 0 aliphatic carbocycles. The third-order valence-electron chi connectivity index (χ3n) is 3.16. The lowest BCUT2D eigenvalue weighted by Gasteiger charge is -2.08. The smallest absolute Gasteiger partial charge is 0.127 e. The number of benzene rings is 3. The van der Waals surface area contributed by atoms with Crippen LogP contribution in [-0.2, 0) is 5.75 Å². The number of para-hydroxylation sites is 1. The van der Waals surface area contributed by atoms with Crippen molar-refractivity contribution in [2.75, 3.05) is 5.73 Å². The maximum Gasteiger partial charge on any atom is 0.127 e. The Morgan fingerprint density at radius 2 is 1.50 bits per heavy atom. The molecule has 0 radical (unpaired) electrons. The Bertz CT molecular complexity index is 726. The molecule has 3 aromatic rings. The lowest BCUT2D eigenvalue weighted by molar-refractivity contribution is 0.482. The summed E-state index contributed by atoms with van der Waals surface area (Å²) in [5.41, 5.74) is 7.73. The van der Waals surface area contributed by atoms with E-state index in [-0.39, 0.29) is 0 Å². The van der Waals surface area contributed by atoms with Gasteiger partial charge in [0.1, 0.15) is 11.5 Å². The Labute approximate surface area is 134 Å². The SMILES string of the molecule is Nc1ccc(SCc2cccc(Oc3ccccc3)c2)cc1. The number of anilines is 1. The number of hydrogen-bond acceptors (Lipinski definition) is 3. The average Bonchev–Trinajstić information content (AvgIpc) is 2.56. The number of nitrogen functional groups attached to an aromatic ring is 1. The van der Waals surface area contributed by atoms with E-state index in [1.165, 1.54) is 10.5 Å². The van der Waals surface area contributed by atoms with E-state index in [2.05, 4.69) is 12.1 Å². The number of nitrogens with two attached hydrogens (primary N) is 1. The van der Waals surface area contributed by atoms with E-state index in [4.69, 9.17) is 10.5 Å². The summed E-state index contributed by atoms with van der Waals surface area (Å²) in [5, 5.41) is 0. The van der Waals surface area contributed by atoms with Gasteiger partial charge in [-0.15, -0.1) is 11.8 Å². The Morgan fingerprint density at radius 1 is 0.773 bits per heavy atom. The quantitative estimate of drug-likeness (QED) is 0.509. The van der Waals surface area contributed by atoms with Gasteiger partial charge < -0.3 is 10.5 Å². The topological polar surface area (TPSA) is 35.2 Å². The molecule has 0 spiro atoms. The molecule has 2 nitrogen and oxygen atoms in total. The van der Waals surface area contributed by atoms with Gasteiger partial charge in [-0.1, -0.05) is 30.3 Å². The largest absolute Gasteiger partial charge is 0.457 e. The highest BCUT2D eigenvalue weighted by atomic mass is 32.2. The highest BCUT2D eigenvalue weighted by Gasteiger charge is 2.00. The molecule has 0 saturated carbocycles. The summed E-state index contributed by atoms with van der Waals surface area (Å²) < 4.78 is 5.86. The first-order chi connectivity index (χ1) is 10.8. The summed E-state index contributed by atoms with van der Waals surface area (Å²) in [7, 11) is 0. The third-order valence-corrected chi connectivity index (χ3v) is 4.25. The minimum atomic E-state index is 0.794. The minimum absolute atomic E-state index is 0.794. The van der Waals surface area contributed by atoms with E-state index < -0.39 is 0 Å². The first-order valence-electron chi connectivity index (χ1n) is 7.10. The van der Waals surface area contributed by atoms with Crippen LogP contribution in [0, 0.1) is 0 Å². The molecule has 2 N–H and O–H groups in total. The lowest BCUT2D eigenvalue weighted by atomic mass is 10.2. The molecule has 110 valence electrons. The zero-order chi connectivity index (χ0) is 15.2. The first-order valence-corrected chi connectivity index (χ1v) is 8.08. The molecule has 0 heterocycles. The highest BCUT2D eigenvalue weighted by molar-refractivity contribution is 7.98. The van der Waals surface area contributed by atoms with Gasteiger partial charge in [-0.25, -0.2) is 0 Å². The molecular formula is C19H17NOS. The molecule has 0 fully saturated rings. The molecule has 0 aromatic heterocycles. The van der Waals surface area contributed by atoms with Crippen molar-refractivity contribution in [2.45, 2.75) is 10.6 Å². The van der Waals surface area contributed by atoms with Gasteiger partial charge in [0.25, 0.3) is 0 Å². The van der Waals surface area contributed by atoms with Gasteiger partial charge in [0.15, 0.2) is 0 Å². The van der Waals surface area contributed by atoms with Crippen LogP contribution in [0.5, 0.6) is 11.5 Å². The summed E-state index contributed by atoms with van der Waals surface area (Å²) in [4.78, 5) is 1.21. The predicted molar refractivity (Wildman–Crippen MR) is 93.4 cm³/mol. The zero-order valence-electron chi connectivity index (χ0n) is 12.1. The zero-order valence-corrected chi connectivity index (χ0v) is 12.9. The molecule has 0 atom stereocenters. The van der Waals surface area contributed by atoms with Crippen LogP contribution < -0.4 is 10.5 Å². The third kappa shape index (κ3) is 4.06. The summed E-state index contributed by atoms with van der Waals surface area (Å²) in [6, 6.07) is 26.0. The number of hydrogen-bond donors (Lipinski definition) is 1. The van der Waals surface area contributed by atoms with E-state index in [0.717, 1.165) is 22.9 Å². The Kier molecular flexibility index (Phi) is 4.66. The monoisotopic (exact) mass is 307 g/mol. The Hall–Kier alpha value is -2.39. The van der Waals surface area contributed by atoms with Crippen LogP contribution in [0.15, 0.2) is 83.8 Å². The molecular weight excluding hydrogens is 290 g/mol. The van der Waals surface area contributed by atoms with Gasteiger partial charge >= 0.3 is 0 Å². The average molecular weight is 307 g/mol. The van der Waals surface area contributed by atoms with Gasteiger partial charge in [0.2, 0.25) is 0 Å². The molecule has 3 heteroatoms. The number of thioether (sulfide) groups is 1. The fraction of sp³-hybridized carbons (Fsp3) is 0.0526. The second kappa shape index (κ2) is 7.05. The Balaban J connectivity index is 1.65. The number of rotatable bonds is 5. The van der Waals surface area contributed by atoms with Gasteiger partial charge in [-0.2, -0.15) is 0 Å². The van der Waals surface area contributed by atoms with Gasteiger partial charge in [0.05, 0.1) is 0 Å². The maximum atomic E-state index is 5.86. The molecule has 22 heavy (non-hydrogen) atoms. The normalized spacial score (nSPS) is 10.4. The molecule has 0 bridgehead atoms. The molecule has 0 aliphatic heterocycles. The predicted octanol–water partition coefficient (Wildman–Crippen LogP) is 5.35. The Morgan fingerprint density at radius 3 is 2.27 bits per heavy atom. The standard InChI is InChI=1S/C19H17NOS/c20-16-9-11-19(12-10-16)22-14-15-5-4-8-18(13-15)21-17-6-2-1-3-7-17/h1-13H,14,20H2. The van der Waals surface area contributed by atoms with Crippen LogP contribution in [0.25, 0.3) is 0 Å². The van der Waals surface area contributed by atoms with Crippen molar-refractivity contribution in [1.82, 2.24) is 0 Å². The van der Waals surface area contributed by atoms with Gasteiger partial charge in [-0.3, -0.25) is 0 Å². The molecule has 3 aromatic carbocycles. The lowest BCUT2D eigenvalue weighted by Crippen LogP contribution is -1.87. The van der Waals surface area contributed by atoms with Crippen LogP contribution in [0.4, 0.5) is 5.69 Å². The van der Waals surface area contributed by atoms with Crippen molar-refractivity contribution in [3.8, 4) is 11.5 Å². The fourth-order valence-electron chi connectivity index (χ4n) is 2.05. The van der Waals surface area contributed by atoms with Gasteiger partial charge in [0, 0.05) is 16.3 Å². The van der Waals surface area contributed by atoms with E-state index in [0.29, 0.717) is 0 Å². The van der Waals surface area contributed by atoms with E-state index >= 15 is 0 Å². The van der Waals surface area contributed by atoms with E-state index in [1.54, 1.807) is 11.8 Å². The van der Waals surface area contributed by atoms with Crippen molar-refractivity contribution in [2.24, 2.45) is 0 Å². The second-order valence-electron chi connectivity index (χ2n) is 4.92. The van der Waals surface area contributed by atoms with Crippen molar-refractivity contribution >= 4 is 17.4 Å². The van der Waals surface area contributed by atoms with Crippen molar-refractivity contribution in [1.29, 1.82) is 0 Å². The maximum absolute atomic E-state index is 5.86. The van der Waals surface area contributed by atoms with Crippen molar-refractivity contribution in [3.63, 3.8) is 0 Å². The van der Waals surface area contributed by atoms with Crippen molar-refractivity contribution < 1.29 is 4.74 Å².